The number of nitrogens with one attached hydrogen (secondary N) is 1. The van der Waals surface area contributed by atoms with Crippen molar-refractivity contribution in [3.8, 4) is 6.07 Å². The van der Waals surface area contributed by atoms with Gasteiger partial charge in [-0.1, -0.05) is 36.4 Å². The van der Waals surface area contributed by atoms with Crippen molar-refractivity contribution < 1.29 is 37.5 Å². The van der Waals surface area contributed by atoms with Gasteiger partial charge < -0.3 is 24.9 Å². The summed E-state index contributed by atoms with van der Waals surface area (Å²) in [5, 5.41) is 12.9. The Hall–Kier alpha value is -3.69. The molecule has 2 aromatic carbocycles. The second-order valence-electron chi connectivity index (χ2n) is 12.8. The Balaban J connectivity index is 1.09. The van der Waals surface area contributed by atoms with Gasteiger partial charge in [0.05, 0.1) is 16.9 Å². The molecule has 1 saturated carbocycles. The number of carbonyl (C=O) groups is 3. The van der Waals surface area contributed by atoms with E-state index in [0.717, 1.165) is 35.5 Å². The van der Waals surface area contributed by atoms with E-state index in [1.807, 2.05) is 30.3 Å². The third-order valence-electron chi connectivity index (χ3n) is 10.1. The van der Waals surface area contributed by atoms with Gasteiger partial charge >= 0.3 is 13.3 Å². The number of likely N-dealkylation sites (tertiary alicyclic amines) is 1. The fourth-order valence-corrected chi connectivity index (χ4v) is 9.06. The second kappa shape index (κ2) is 11.2. The van der Waals surface area contributed by atoms with Gasteiger partial charge in [-0.25, -0.2) is 0 Å². The molecule has 7 atom stereocenters. The molecule has 0 spiro atoms. The molecular formula is C32H31F2N4O6PS. The van der Waals surface area contributed by atoms with E-state index in [0.29, 0.717) is 30.5 Å². The van der Waals surface area contributed by atoms with Gasteiger partial charge in [-0.15, -0.1) is 11.3 Å². The molecule has 0 bridgehead atoms. The fourth-order valence-electron chi connectivity index (χ4n) is 7.64. The third-order valence-corrected chi connectivity index (χ3v) is 12.2. The number of hydrogen-bond acceptors (Lipinski definition) is 6. The molecule has 3 N–H and O–H groups in total. The topological polar surface area (TPSA) is 151 Å². The Kier molecular flexibility index (Phi) is 7.55. The van der Waals surface area contributed by atoms with Gasteiger partial charge in [0.2, 0.25) is 11.8 Å². The summed E-state index contributed by atoms with van der Waals surface area (Å²) < 4.78 is 40.4. The van der Waals surface area contributed by atoms with Crippen LogP contribution in [0.3, 0.4) is 0 Å². The van der Waals surface area contributed by atoms with E-state index in [1.165, 1.54) is 12.1 Å². The van der Waals surface area contributed by atoms with Crippen LogP contribution in [0.4, 0.5) is 8.78 Å². The van der Waals surface area contributed by atoms with Gasteiger partial charge in [0, 0.05) is 35.3 Å². The van der Waals surface area contributed by atoms with E-state index in [-0.39, 0.29) is 58.3 Å². The monoisotopic (exact) mass is 668 g/mol. The Bertz CT molecular complexity index is 1830. The van der Waals surface area contributed by atoms with Gasteiger partial charge in [-0.05, 0) is 66.7 Å². The van der Waals surface area contributed by atoms with Crippen LogP contribution in [0.15, 0.2) is 54.6 Å². The van der Waals surface area contributed by atoms with Crippen molar-refractivity contribution in [3.63, 3.8) is 0 Å². The number of benzene rings is 2. The highest BCUT2D eigenvalue weighted by Gasteiger charge is 2.57. The maximum Gasteiger partial charge on any atom is 0.399 e. The summed E-state index contributed by atoms with van der Waals surface area (Å²) in [7, 11) is -5.76. The average Bonchev–Trinajstić information content (AvgIpc) is 3.38. The zero-order valence-corrected chi connectivity index (χ0v) is 26.2. The molecule has 240 valence electrons. The molecule has 3 aliphatic heterocycles. The minimum absolute atomic E-state index is 0.0916. The van der Waals surface area contributed by atoms with Crippen molar-refractivity contribution in [2.75, 3.05) is 13.1 Å². The van der Waals surface area contributed by atoms with Crippen LogP contribution in [0.2, 0.25) is 0 Å². The summed E-state index contributed by atoms with van der Waals surface area (Å²) in [6.07, 6.45) is 2.54. The third kappa shape index (κ3) is 5.21. The van der Waals surface area contributed by atoms with Crippen LogP contribution >= 0.6 is 18.9 Å². The normalized spacial score (nSPS) is 29.2. The van der Waals surface area contributed by atoms with Gasteiger partial charge in [0.25, 0.3) is 5.91 Å². The highest BCUT2D eigenvalue weighted by molar-refractivity contribution is 7.52. The van der Waals surface area contributed by atoms with Crippen LogP contribution < -0.4 is 5.32 Å². The van der Waals surface area contributed by atoms with Crippen molar-refractivity contribution in [1.82, 2.24) is 15.1 Å². The molecule has 4 fully saturated rings. The smallest absolute Gasteiger partial charge is 0.340 e. The summed E-state index contributed by atoms with van der Waals surface area (Å²) in [5.41, 5.74) is -4.25. The van der Waals surface area contributed by atoms with Crippen molar-refractivity contribution >= 4 is 46.7 Å². The zero-order valence-electron chi connectivity index (χ0n) is 24.5. The number of rotatable bonds is 6. The first-order chi connectivity index (χ1) is 21.9. The number of nitriles is 1. The average molecular weight is 669 g/mol. The summed E-state index contributed by atoms with van der Waals surface area (Å²) in [6.45, 7) is 0.683. The molecule has 0 radical (unpaired) electrons. The summed E-state index contributed by atoms with van der Waals surface area (Å²) in [4.78, 5) is 63.2. The number of hydrogen-bond donors (Lipinski definition) is 3. The lowest BCUT2D eigenvalue weighted by Gasteiger charge is -2.33. The Morgan fingerprint density at radius 1 is 1.07 bits per heavy atom. The molecule has 4 heterocycles. The quantitative estimate of drug-likeness (QED) is 0.330. The Morgan fingerprint density at radius 3 is 2.54 bits per heavy atom. The molecule has 3 amide bonds. The molecule has 14 heteroatoms. The van der Waals surface area contributed by atoms with E-state index < -0.39 is 36.8 Å². The first kappa shape index (κ1) is 30.9. The molecule has 46 heavy (non-hydrogen) atoms. The summed E-state index contributed by atoms with van der Waals surface area (Å²) in [5.74, 6) is -1.05. The molecule has 7 rings (SSSR count). The number of halogens is 2. The van der Waals surface area contributed by atoms with Crippen LogP contribution in [0.1, 0.15) is 52.4 Å². The fraction of sp³-hybridized carbons (Fsp3) is 0.438. The predicted molar refractivity (Wildman–Crippen MR) is 164 cm³/mol. The van der Waals surface area contributed by atoms with Gasteiger partial charge in [-0.3, -0.25) is 18.9 Å². The molecule has 1 aliphatic carbocycles. The van der Waals surface area contributed by atoms with Gasteiger partial charge in [0.1, 0.15) is 12.1 Å². The van der Waals surface area contributed by atoms with Crippen LogP contribution in [0, 0.1) is 29.1 Å². The first-order valence-corrected chi connectivity index (χ1v) is 17.6. The molecule has 0 unspecified atom stereocenters. The van der Waals surface area contributed by atoms with Crippen LogP contribution in [-0.4, -0.2) is 68.5 Å². The number of carbonyl (C=O) groups excluding carboxylic acids is 3. The SMILES string of the molecule is N#C[C@@H]1CN(C(=O)[C@@H]2CC[C@@H]3[C@H]4C[C@H]4C[C@H](NC(=O)c4cc5cc(C(F)(F)P(=O)(O)O)ccc5s4)C(=O)N32)C[C@H]1c1ccccc1. The van der Waals surface area contributed by atoms with Crippen LogP contribution in [-0.2, 0) is 19.8 Å². The number of alkyl halides is 2. The van der Waals surface area contributed by atoms with E-state index in [9.17, 15) is 33.0 Å². The largest absolute Gasteiger partial charge is 0.399 e. The first-order valence-electron chi connectivity index (χ1n) is 15.2. The molecule has 3 aromatic rings. The zero-order chi connectivity index (χ0) is 32.5. The lowest BCUT2D eigenvalue weighted by molar-refractivity contribution is -0.145. The Labute approximate surface area is 267 Å². The van der Waals surface area contributed by atoms with E-state index in [2.05, 4.69) is 11.4 Å². The number of nitrogens with zero attached hydrogens (tertiary/aromatic N) is 3. The molecule has 3 saturated heterocycles. The van der Waals surface area contributed by atoms with E-state index >= 15 is 0 Å². The number of amides is 3. The van der Waals surface area contributed by atoms with Crippen LogP contribution in [0.5, 0.6) is 0 Å². The standard InChI is InChI=1S/C32H31F2N4O6PS/c33-32(34,45(42,43)44)21-6-9-27-19(10-21)13-28(46-27)29(39)36-24-12-18-11-22(18)25-7-8-26(38(25)30(24)40)31(41)37-15-20(14-35)23(16-37)17-4-2-1-3-5-17/h1-6,9-10,13,18,20,22-26H,7-8,11-12,15-16H2,(H,36,39)(H2,42,43,44)/t18-,20+,22-,23-,24-,25+,26-/m0/s1. The Morgan fingerprint density at radius 2 is 1.83 bits per heavy atom. The van der Waals surface area contributed by atoms with Crippen LogP contribution in [0.25, 0.3) is 10.1 Å². The number of fused-ring (bicyclic) bond motifs is 4. The summed E-state index contributed by atoms with van der Waals surface area (Å²) in [6, 6.07) is 14.9. The molecule has 1 aromatic heterocycles. The molecule has 4 aliphatic rings. The second-order valence-corrected chi connectivity index (χ2v) is 15.5. The van der Waals surface area contributed by atoms with Crippen molar-refractivity contribution in [3.05, 3.63) is 70.6 Å². The maximum absolute atomic E-state index is 14.3. The van der Waals surface area contributed by atoms with E-state index in [1.54, 1.807) is 9.80 Å². The number of thiophene rings is 1. The predicted octanol–water partition coefficient (Wildman–Crippen LogP) is 4.39. The molecule has 10 nitrogen and oxygen atoms in total. The lowest BCUT2D eigenvalue weighted by Crippen LogP contribution is -2.55. The highest BCUT2D eigenvalue weighted by atomic mass is 32.1. The van der Waals surface area contributed by atoms with Crippen molar-refractivity contribution in [1.29, 1.82) is 5.26 Å². The van der Waals surface area contributed by atoms with E-state index in [4.69, 9.17) is 9.79 Å². The van der Waals surface area contributed by atoms with Gasteiger partial charge in [-0.2, -0.15) is 14.0 Å². The van der Waals surface area contributed by atoms with Crippen molar-refractivity contribution in [2.45, 2.75) is 55.4 Å². The summed E-state index contributed by atoms with van der Waals surface area (Å²) >= 11 is 1.02. The van der Waals surface area contributed by atoms with Gasteiger partial charge in [0.15, 0.2) is 0 Å². The minimum Gasteiger partial charge on any atom is -0.340 e. The van der Waals surface area contributed by atoms with Crippen molar-refractivity contribution in [2.24, 2.45) is 17.8 Å². The lowest BCUT2D eigenvalue weighted by atomic mass is 9.90. The minimum atomic E-state index is -5.76. The maximum atomic E-state index is 14.3. The highest BCUT2D eigenvalue weighted by Crippen LogP contribution is 2.59. The molecular weight excluding hydrogens is 637 g/mol.